The maximum Gasteiger partial charge on any atom is 0.339 e. The molecule has 1 N–H and O–H groups in total. The normalized spacial score (nSPS) is 19.5. The summed E-state index contributed by atoms with van der Waals surface area (Å²) in [7, 11) is 0. The number of carboxylic acids is 1. The number of anilines is 1. The number of halogens is 1. The van der Waals surface area contributed by atoms with Crippen molar-refractivity contribution in [1.82, 2.24) is 4.98 Å². The Balaban J connectivity index is 2.02. The minimum Gasteiger partial charge on any atom is -0.478 e. The van der Waals surface area contributed by atoms with Crippen molar-refractivity contribution >= 4 is 27.7 Å². The van der Waals surface area contributed by atoms with Crippen LogP contribution in [0.4, 0.5) is 5.82 Å². The molecule has 1 saturated heterocycles. The highest BCUT2D eigenvalue weighted by atomic mass is 79.9. The summed E-state index contributed by atoms with van der Waals surface area (Å²) in [6.45, 7) is 2.63. The summed E-state index contributed by atoms with van der Waals surface area (Å²) in [6.07, 6.45) is 2.28. The molecule has 6 heteroatoms. The molecule has 5 nitrogen and oxygen atoms in total. The maximum absolute atomic E-state index is 11.4. The summed E-state index contributed by atoms with van der Waals surface area (Å²) >= 11 is 3.45. The summed E-state index contributed by atoms with van der Waals surface area (Å²) in [4.78, 5) is 18.0. The predicted molar refractivity (Wildman–Crippen MR) is 73.9 cm³/mol. The minimum atomic E-state index is -0.933. The van der Waals surface area contributed by atoms with Gasteiger partial charge in [0, 0.05) is 23.5 Å². The fourth-order valence-electron chi connectivity index (χ4n) is 2.31. The van der Waals surface area contributed by atoms with Crippen LogP contribution in [0.1, 0.15) is 34.8 Å². The van der Waals surface area contributed by atoms with Crippen LogP contribution in [0.2, 0.25) is 0 Å². The minimum absolute atomic E-state index is 0.262. The van der Waals surface area contributed by atoms with Crippen LogP contribution >= 0.6 is 15.9 Å². The molecule has 2 aliphatic rings. The van der Waals surface area contributed by atoms with E-state index in [1.165, 1.54) is 0 Å². The number of pyridine rings is 1. The van der Waals surface area contributed by atoms with Crippen LogP contribution in [0, 0.1) is 0 Å². The molecule has 0 unspecified atom stereocenters. The Labute approximate surface area is 119 Å². The number of carbonyl (C=O) groups is 1. The van der Waals surface area contributed by atoms with Gasteiger partial charge in [-0.15, -0.1) is 0 Å². The second-order valence-electron chi connectivity index (χ2n) is 4.91. The van der Waals surface area contributed by atoms with Gasteiger partial charge in [0.1, 0.15) is 11.4 Å². The molecule has 1 saturated carbocycles. The van der Waals surface area contributed by atoms with Gasteiger partial charge >= 0.3 is 5.97 Å². The van der Waals surface area contributed by atoms with Crippen LogP contribution in [0.15, 0.2) is 10.5 Å². The molecule has 19 heavy (non-hydrogen) atoms. The first-order valence-electron chi connectivity index (χ1n) is 6.43. The van der Waals surface area contributed by atoms with E-state index >= 15 is 0 Å². The number of rotatable bonds is 3. The molecule has 0 bridgehead atoms. The summed E-state index contributed by atoms with van der Waals surface area (Å²) < 4.78 is 6.12. The zero-order valence-electron chi connectivity index (χ0n) is 10.4. The quantitative estimate of drug-likeness (QED) is 0.923. The first-order chi connectivity index (χ1) is 9.16. The van der Waals surface area contributed by atoms with E-state index in [1.54, 1.807) is 6.07 Å². The fourth-order valence-corrected chi connectivity index (χ4v) is 2.95. The molecule has 0 radical (unpaired) electrons. The number of hydrogen-bond donors (Lipinski definition) is 1. The van der Waals surface area contributed by atoms with E-state index in [9.17, 15) is 9.90 Å². The second-order valence-corrected chi connectivity index (χ2v) is 5.76. The number of carboxylic acid groups (broad SMARTS) is 1. The van der Waals surface area contributed by atoms with Gasteiger partial charge in [0.2, 0.25) is 0 Å². The van der Waals surface area contributed by atoms with Gasteiger partial charge in [0.05, 0.1) is 18.9 Å². The Bertz CT molecular complexity index is 511. The average molecular weight is 327 g/mol. The monoisotopic (exact) mass is 326 g/mol. The van der Waals surface area contributed by atoms with Crippen molar-refractivity contribution in [3.8, 4) is 0 Å². The van der Waals surface area contributed by atoms with Crippen LogP contribution in [0.3, 0.4) is 0 Å². The van der Waals surface area contributed by atoms with Gasteiger partial charge in [-0.25, -0.2) is 9.78 Å². The third kappa shape index (κ3) is 2.60. The summed E-state index contributed by atoms with van der Waals surface area (Å²) in [6, 6.07) is 1.69. The van der Waals surface area contributed by atoms with E-state index in [0.29, 0.717) is 38.0 Å². The second kappa shape index (κ2) is 5.09. The van der Waals surface area contributed by atoms with Crippen LogP contribution < -0.4 is 4.90 Å². The van der Waals surface area contributed by atoms with E-state index in [0.717, 1.165) is 23.0 Å². The van der Waals surface area contributed by atoms with Crippen LogP contribution in [-0.2, 0) is 4.74 Å². The molecule has 1 aliphatic heterocycles. The lowest BCUT2D eigenvalue weighted by Crippen LogP contribution is -2.38. The van der Waals surface area contributed by atoms with E-state index in [-0.39, 0.29) is 5.56 Å². The molecule has 102 valence electrons. The molecule has 1 aromatic rings. The molecule has 2 heterocycles. The Hall–Kier alpha value is -1.14. The Morgan fingerprint density at radius 2 is 2.11 bits per heavy atom. The number of aromatic nitrogens is 1. The number of aromatic carboxylic acids is 1. The van der Waals surface area contributed by atoms with Crippen molar-refractivity contribution < 1.29 is 14.6 Å². The molecular formula is C13H15BrN2O3. The van der Waals surface area contributed by atoms with Crippen molar-refractivity contribution in [3.63, 3.8) is 0 Å². The van der Waals surface area contributed by atoms with Crippen molar-refractivity contribution in [3.05, 3.63) is 21.8 Å². The topological polar surface area (TPSA) is 62.7 Å². The number of hydrogen-bond acceptors (Lipinski definition) is 4. The largest absolute Gasteiger partial charge is 0.478 e. The van der Waals surface area contributed by atoms with Crippen LogP contribution in [0.5, 0.6) is 0 Å². The van der Waals surface area contributed by atoms with Gasteiger partial charge in [-0.2, -0.15) is 0 Å². The van der Waals surface area contributed by atoms with Gasteiger partial charge in [-0.3, -0.25) is 0 Å². The van der Waals surface area contributed by atoms with Crippen molar-refractivity contribution in [2.24, 2.45) is 0 Å². The zero-order chi connectivity index (χ0) is 13.4. The van der Waals surface area contributed by atoms with Crippen LogP contribution in [-0.4, -0.2) is 42.4 Å². The molecule has 0 spiro atoms. The fraction of sp³-hybridized carbons (Fsp3) is 0.538. The van der Waals surface area contributed by atoms with Gasteiger partial charge in [-0.1, -0.05) is 0 Å². The highest BCUT2D eigenvalue weighted by molar-refractivity contribution is 9.10. The molecule has 3 rings (SSSR count). The molecule has 2 fully saturated rings. The maximum atomic E-state index is 11.4. The summed E-state index contributed by atoms with van der Waals surface area (Å²) in [5, 5.41) is 9.35. The number of nitrogens with zero attached hydrogens (tertiary/aromatic N) is 2. The number of ether oxygens (including phenoxy) is 1. The molecule has 0 atom stereocenters. The highest BCUT2D eigenvalue weighted by Gasteiger charge is 2.30. The molecule has 1 aliphatic carbocycles. The average Bonchev–Trinajstić information content (AvgIpc) is 3.23. The molecule has 0 aromatic carbocycles. The van der Waals surface area contributed by atoms with Crippen molar-refractivity contribution in [1.29, 1.82) is 0 Å². The van der Waals surface area contributed by atoms with E-state index in [2.05, 4.69) is 20.9 Å². The van der Waals surface area contributed by atoms with E-state index < -0.39 is 5.97 Å². The predicted octanol–water partition coefficient (Wildman–Crippen LogP) is 2.26. The summed E-state index contributed by atoms with van der Waals surface area (Å²) in [5.74, 6) is 0.134. The Morgan fingerprint density at radius 1 is 1.42 bits per heavy atom. The third-order valence-corrected chi connectivity index (χ3v) is 4.12. The molecular weight excluding hydrogens is 312 g/mol. The SMILES string of the molecule is O=C(O)c1cc(Br)c(C2CC2)nc1N1CCOCC1. The smallest absolute Gasteiger partial charge is 0.339 e. The summed E-state index contributed by atoms with van der Waals surface area (Å²) in [5.41, 5.74) is 1.25. The van der Waals surface area contributed by atoms with Crippen LogP contribution in [0.25, 0.3) is 0 Å². The van der Waals surface area contributed by atoms with Gasteiger partial charge in [0.25, 0.3) is 0 Å². The third-order valence-electron chi connectivity index (χ3n) is 3.49. The lowest BCUT2D eigenvalue weighted by atomic mass is 10.1. The van der Waals surface area contributed by atoms with E-state index in [1.807, 2.05) is 4.90 Å². The first kappa shape index (κ1) is 12.9. The number of morpholine rings is 1. The Kier molecular flexibility index (Phi) is 3.45. The highest BCUT2D eigenvalue weighted by Crippen LogP contribution is 2.43. The lowest BCUT2D eigenvalue weighted by Gasteiger charge is -2.29. The van der Waals surface area contributed by atoms with Crippen molar-refractivity contribution in [2.45, 2.75) is 18.8 Å². The van der Waals surface area contributed by atoms with Crippen molar-refractivity contribution in [2.75, 3.05) is 31.2 Å². The standard InChI is InChI=1S/C13H15BrN2O3/c14-10-7-9(13(17)18)12(15-11(10)8-1-2-8)16-3-5-19-6-4-16/h7-8H,1-6H2,(H,17,18). The van der Waals surface area contributed by atoms with Gasteiger partial charge in [-0.05, 0) is 34.8 Å². The lowest BCUT2D eigenvalue weighted by molar-refractivity contribution is 0.0695. The Morgan fingerprint density at radius 3 is 2.68 bits per heavy atom. The zero-order valence-corrected chi connectivity index (χ0v) is 12.0. The van der Waals surface area contributed by atoms with E-state index in [4.69, 9.17) is 4.74 Å². The molecule has 1 aromatic heterocycles. The first-order valence-corrected chi connectivity index (χ1v) is 7.22. The van der Waals surface area contributed by atoms with Gasteiger partial charge in [0.15, 0.2) is 0 Å². The van der Waals surface area contributed by atoms with Gasteiger partial charge < -0.3 is 14.7 Å². The molecule has 0 amide bonds.